The van der Waals surface area contributed by atoms with Crippen LogP contribution in [0.25, 0.3) is 22.3 Å². The molecule has 0 amide bonds. The zero-order chi connectivity index (χ0) is 28.2. The summed E-state index contributed by atoms with van der Waals surface area (Å²) in [4.78, 5) is 12.9. The zero-order valence-electron chi connectivity index (χ0n) is 22.3. The minimum Gasteiger partial charge on any atom is -0.462 e. The van der Waals surface area contributed by atoms with E-state index in [4.69, 9.17) is 4.74 Å². The van der Waals surface area contributed by atoms with Gasteiger partial charge in [-0.15, -0.1) is 0 Å². The van der Waals surface area contributed by atoms with Crippen molar-refractivity contribution >= 4 is 21.7 Å². The second kappa shape index (κ2) is 9.78. The van der Waals surface area contributed by atoms with Crippen molar-refractivity contribution in [2.75, 3.05) is 17.2 Å². The first-order valence-electron chi connectivity index (χ1n) is 12.2. The lowest BCUT2D eigenvalue weighted by atomic mass is 9.81. The van der Waals surface area contributed by atoms with Crippen LogP contribution in [0.4, 0.5) is 14.5 Å². The van der Waals surface area contributed by atoms with Gasteiger partial charge in [-0.2, -0.15) is 0 Å². The molecule has 3 aromatic carbocycles. The molecule has 1 N–H and O–H groups in total. The van der Waals surface area contributed by atoms with Gasteiger partial charge in [0.05, 0.1) is 30.5 Å². The molecule has 9 heteroatoms. The summed E-state index contributed by atoms with van der Waals surface area (Å²) in [5.74, 6) is -2.67. The largest absolute Gasteiger partial charge is 0.462 e. The van der Waals surface area contributed by atoms with Crippen molar-refractivity contribution in [2.24, 2.45) is 0 Å². The number of anilines is 1. The number of ether oxygens (including phenoxy) is 1. The number of rotatable bonds is 6. The number of hydrogen-bond donors (Lipinski definition) is 1. The highest BCUT2D eigenvalue weighted by Gasteiger charge is 2.35. The van der Waals surface area contributed by atoms with Crippen LogP contribution in [0.1, 0.15) is 41.7 Å². The van der Waals surface area contributed by atoms with Gasteiger partial charge in [0.1, 0.15) is 6.61 Å². The molecule has 6 nitrogen and oxygen atoms in total. The summed E-state index contributed by atoms with van der Waals surface area (Å²) in [5, 5.41) is 10.00. The molecule has 3 aromatic rings. The minimum absolute atomic E-state index is 0.175. The first-order chi connectivity index (χ1) is 17.6. The van der Waals surface area contributed by atoms with Crippen molar-refractivity contribution in [2.45, 2.75) is 53.2 Å². The fourth-order valence-corrected chi connectivity index (χ4v) is 5.87. The lowest BCUT2D eigenvalue weighted by molar-refractivity contribution is -0.149. The van der Waals surface area contributed by atoms with Crippen molar-refractivity contribution in [1.82, 2.24) is 0 Å². The highest BCUT2D eigenvalue weighted by atomic mass is 32.2. The number of esters is 1. The predicted octanol–water partition coefficient (Wildman–Crippen LogP) is 5.36. The third-order valence-corrected chi connectivity index (χ3v) is 7.84. The highest BCUT2D eigenvalue weighted by Crippen LogP contribution is 2.49. The van der Waals surface area contributed by atoms with Gasteiger partial charge in [0.15, 0.2) is 11.6 Å². The zero-order valence-corrected chi connectivity index (χ0v) is 23.1. The smallest absolute Gasteiger partial charge is 0.310 e. The number of fused-ring (bicyclic) bond motifs is 3. The summed E-state index contributed by atoms with van der Waals surface area (Å²) >= 11 is 0. The third kappa shape index (κ3) is 5.31. The molecule has 1 aliphatic heterocycles. The first kappa shape index (κ1) is 27.7. The number of hydrogen-bond acceptors (Lipinski definition) is 5. The summed E-state index contributed by atoms with van der Waals surface area (Å²) in [6.07, 6.45) is 0.878. The molecule has 0 bridgehead atoms. The van der Waals surface area contributed by atoms with E-state index in [0.29, 0.717) is 44.6 Å². The van der Waals surface area contributed by atoms with Gasteiger partial charge in [0, 0.05) is 5.56 Å². The molecule has 1 aliphatic rings. The average Bonchev–Trinajstić information content (AvgIpc) is 2.81. The maximum Gasteiger partial charge on any atom is 0.310 e. The Morgan fingerprint density at radius 2 is 1.63 bits per heavy atom. The van der Waals surface area contributed by atoms with Crippen LogP contribution < -0.4 is 4.31 Å². The summed E-state index contributed by atoms with van der Waals surface area (Å²) < 4.78 is 61.1. The molecule has 0 radical (unpaired) electrons. The molecule has 4 rings (SSSR count). The van der Waals surface area contributed by atoms with Crippen LogP contribution in [-0.2, 0) is 32.5 Å². The molecule has 0 saturated carbocycles. The summed E-state index contributed by atoms with van der Waals surface area (Å²) in [7, 11) is -3.83. The Morgan fingerprint density at radius 3 is 2.21 bits per heavy atom. The first-order valence-corrected chi connectivity index (χ1v) is 14.0. The fraction of sp³-hybridized carbons (Fsp3) is 0.345. The normalized spacial score (nSPS) is 13.2. The van der Waals surface area contributed by atoms with Crippen LogP contribution in [0.3, 0.4) is 0 Å². The Labute approximate surface area is 221 Å². The number of carbonyl (C=O) groups is 1. The number of halogens is 2. The van der Waals surface area contributed by atoms with E-state index in [0.717, 1.165) is 29.5 Å². The molecule has 0 spiro atoms. The lowest BCUT2D eigenvalue weighted by Gasteiger charge is -2.36. The Kier molecular flexibility index (Phi) is 7.14. The number of nitrogens with zero attached hydrogens (tertiary/aromatic N) is 1. The van der Waals surface area contributed by atoms with Gasteiger partial charge >= 0.3 is 5.97 Å². The van der Waals surface area contributed by atoms with Crippen molar-refractivity contribution in [1.29, 1.82) is 0 Å². The molecule has 0 unspecified atom stereocenters. The van der Waals surface area contributed by atoms with Gasteiger partial charge in [-0.1, -0.05) is 29.8 Å². The summed E-state index contributed by atoms with van der Waals surface area (Å²) in [6.45, 7) is 8.12. The van der Waals surface area contributed by atoms with E-state index < -0.39 is 33.2 Å². The van der Waals surface area contributed by atoms with Crippen LogP contribution in [0.5, 0.6) is 0 Å². The monoisotopic (exact) mass is 543 g/mol. The second-order valence-corrected chi connectivity index (χ2v) is 12.4. The van der Waals surface area contributed by atoms with Crippen molar-refractivity contribution in [3.8, 4) is 22.3 Å². The van der Waals surface area contributed by atoms with Crippen LogP contribution in [0, 0.1) is 32.4 Å². The molecule has 38 heavy (non-hydrogen) atoms. The van der Waals surface area contributed by atoms with Gasteiger partial charge in [0.2, 0.25) is 10.0 Å². The quantitative estimate of drug-likeness (QED) is 0.423. The van der Waals surface area contributed by atoms with Crippen molar-refractivity contribution in [3.05, 3.63) is 75.8 Å². The van der Waals surface area contributed by atoms with Crippen LogP contribution in [0.2, 0.25) is 0 Å². The Balaban J connectivity index is 2.05. The Morgan fingerprint density at radius 1 is 1.03 bits per heavy atom. The predicted molar refractivity (Wildman–Crippen MR) is 143 cm³/mol. The summed E-state index contributed by atoms with van der Waals surface area (Å²) in [6, 6.07) is 9.79. The number of aliphatic hydroxyl groups is 1. The van der Waals surface area contributed by atoms with E-state index in [2.05, 4.69) is 0 Å². The molecule has 0 saturated heterocycles. The maximum atomic E-state index is 14.5. The van der Waals surface area contributed by atoms with E-state index in [1.54, 1.807) is 13.8 Å². The van der Waals surface area contributed by atoms with E-state index >= 15 is 0 Å². The molecular weight excluding hydrogens is 512 g/mol. The molecule has 0 atom stereocenters. The SMILES string of the molecule is Cc1ccc(-c2c(C)c3c(c(C)c2CC(=O)OCC(C)(C)O)N(S(C)(=O)=O)Cc2cc(F)c(F)cc2-3)cc1. The van der Waals surface area contributed by atoms with E-state index in [1.165, 1.54) is 18.2 Å². The Hall–Kier alpha value is -3.30. The van der Waals surface area contributed by atoms with Crippen LogP contribution >= 0.6 is 0 Å². The number of carbonyl (C=O) groups excluding carboxylic acids is 1. The molecule has 1 heterocycles. The van der Waals surface area contributed by atoms with Crippen LogP contribution in [0.15, 0.2) is 36.4 Å². The molecular formula is C29H31F2NO5S. The Bertz CT molecular complexity index is 1540. The average molecular weight is 544 g/mol. The highest BCUT2D eigenvalue weighted by molar-refractivity contribution is 7.92. The van der Waals surface area contributed by atoms with Crippen LogP contribution in [-0.4, -0.2) is 38.0 Å². The topological polar surface area (TPSA) is 83.9 Å². The molecule has 0 aromatic heterocycles. The number of benzene rings is 3. The van der Waals surface area contributed by atoms with Crippen molar-refractivity contribution < 1.29 is 31.8 Å². The van der Waals surface area contributed by atoms with E-state index in [-0.39, 0.29) is 19.6 Å². The van der Waals surface area contributed by atoms with E-state index in [9.17, 15) is 27.1 Å². The second-order valence-electron chi connectivity index (χ2n) is 10.5. The molecule has 0 aliphatic carbocycles. The maximum absolute atomic E-state index is 14.5. The standard InChI is InChI=1S/C29H31F2NO5S/c1-16-7-9-19(10-8-16)26-18(3)27-22-12-24(31)23(30)11-20(22)14-32(38(6,35)36)28(27)17(2)21(26)13-25(33)37-15-29(4,5)34/h7-12,34H,13-15H2,1-6H3. The molecule has 0 fully saturated rings. The lowest BCUT2D eigenvalue weighted by Crippen LogP contribution is -2.34. The van der Waals surface area contributed by atoms with E-state index in [1.807, 2.05) is 31.2 Å². The van der Waals surface area contributed by atoms with Gasteiger partial charge in [-0.3, -0.25) is 9.10 Å². The minimum atomic E-state index is -3.83. The molecule has 202 valence electrons. The van der Waals surface area contributed by atoms with Crippen molar-refractivity contribution in [3.63, 3.8) is 0 Å². The number of aryl methyl sites for hydroxylation is 1. The van der Waals surface area contributed by atoms with Gasteiger partial charge in [-0.25, -0.2) is 17.2 Å². The third-order valence-electron chi connectivity index (χ3n) is 6.72. The number of sulfonamides is 1. The summed E-state index contributed by atoms with van der Waals surface area (Å²) in [5.41, 5.74) is 4.53. The van der Waals surface area contributed by atoms with Gasteiger partial charge in [0.25, 0.3) is 0 Å². The van der Waals surface area contributed by atoms with Gasteiger partial charge < -0.3 is 9.84 Å². The fourth-order valence-electron chi connectivity index (χ4n) is 4.94. The van der Waals surface area contributed by atoms with Gasteiger partial charge in [-0.05, 0) is 85.7 Å².